The smallest absolute Gasteiger partial charge is 0.213 e. The van der Waals surface area contributed by atoms with E-state index in [4.69, 9.17) is 26.2 Å². The standard InChI is InChI=1S/C24H21ClN2O2/c1-15-3-5-17(6-4-15)24-27-22(20-13-18(25)9-12-23(20)29-24)14-21(26-27)16-7-10-19(28-2)11-8-16/h3-13,22,24H,14H2,1-2H3/t22-,24-/m0/s1. The van der Waals surface area contributed by atoms with Gasteiger partial charge in [0.05, 0.1) is 18.9 Å². The van der Waals surface area contributed by atoms with Gasteiger partial charge in [0, 0.05) is 22.6 Å². The Hall–Kier alpha value is -2.98. The molecule has 0 saturated carbocycles. The van der Waals surface area contributed by atoms with Crippen LogP contribution in [0.3, 0.4) is 0 Å². The molecule has 0 fully saturated rings. The zero-order valence-electron chi connectivity index (χ0n) is 16.3. The van der Waals surface area contributed by atoms with E-state index in [-0.39, 0.29) is 12.3 Å². The number of hydrazone groups is 1. The van der Waals surface area contributed by atoms with Crippen molar-refractivity contribution in [2.45, 2.75) is 25.6 Å². The van der Waals surface area contributed by atoms with Crippen LogP contribution in [-0.4, -0.2) is 17.8 Å². The molecular formula is C24H21ClN2O2. The first-order valence-corrected chi connectivity index (χ1v) is 10.0. The highest BCUT2D eigenvalue weighted by Crippen LogP contribution is 2.48. The molecule has 0 bridgehead atoms. The molecule has 3 aromatic carbocycles. The van der Waals surface area contributed by atoms with Crippen LogP contribution < -0.4 is 9.47 Å². The summed E-state index contributed by atoms with van der Waals surface area (Å²) in [4.78, 5) is 0. The zero-order valence-corrected chi connectivity index (χ0v) is 17.1. The summed E-state index contributed by atoms with van der Waals surface area (Å²) in [6, 6.07) is 22.4. The number of rotatable bonds is 3. The van der Waals surface area contributed by atoms with Crippen LogP contribution in [0.4, 0.5) is 0 Å². The van der Waals surface area contributed by atoms with E-state index in [1.165, 1.54) is 5.56 Å². The average molecular weight is 405 g/mol. The summed E-state index contributed by atoms with van der Waals surface area (Å²) in [5.74, 6) is 1.70. The van der Waals surface area contributed by atoms with Gasteiger partial charge in [0.1, 0.15) is 11.5 Å². The van der Waals surface area contributed by atoms with Gasteiger partial charge in [0.25, 0.3) is 0 Å². The SMILES string of the molecule is COc1ccc(C2=NN3[C@@H](C2)c2cc(Cl)ccc2O[C@H]3c2ccc(C)cc2)cc1. The number of nitrogens with zero attached hydrogens (tertiary/aromatic N) is 2. The predicted molar refractivity (Wildman–Crippen MR) is 115 cm³/mol. The van der Waals surface area contributed by atoms with Gasteiger partial charge in [-0.2, -0.15) is 5.10 Å². The van der Waals surface area contributed by atoms with Crippen LogP contribution in [0.5, 0.6) is 11.5 Å². The first-order chi connectivity index (χ1) is 14.1. The number of methoxy groups -OCH3 is 1. The average Bonchev–Trinajstić information content (AvgIpc) is 3.20. The van der Waals surface area contributed by atoms with Crippen molar-refractivity contribution in [1.82, 2.24) is 5.01 Å². The van der Waals surface area contributed by atoms with Crippen LogP contribution in [0.25, 0.3) is 0 Å². The first kappa shape index (κ1) is 18.1. The topological polar surface area (TPSA) is 34.1 Å². The van der Waals surface area contributed by atoms with Gasteiger partial charge in [0.15, 0.2) is 0 Å². The molecule has 3 aromatic rings. The Kier molecular flexibility index (Phi) is 4.44. The second-order valence-corrected chi connectivity index (χ2v) is 7.87. The number of aryl methyl sites for hydroxylation is 1. The van der Waals surface area contributed by atoms with Crippen molar-refractivity contribution in [3.63, 3.8) is 0 Å². The maximum absolute atomic E-state index is 6.39. The molecule has 0 aliphatic carbocycles. The minimum atomic E-state index is -0.273. The largest absolute Gasteiger partial charge is 0.497 e. The summed E-state index contributed by atoms with van der Waals surface area (Å²) >= 11 is 6.30. The second kappa shape index (κ2) is 7.12. The highest BCUT2D eigenvalue weighted by Gasteiger charge is 2.41. The molecule has 5 heteroatoms. The third-order valence-corrected chi connectivity index (χ3v) is 5.77. The van der Waals surface area contributed by atoms with Crippen molar-refractivity contribution < 1.29 is 9.47 Å². The summed E-state index contributed by atoms with van der Waals surface area (Å²) in [6.07, 6.45) is 0.524. The van der Waals surface area contributed by atoms with Gasteiger partial charge in [-0.1, -0.05) is 41.4 Å². The molecule has 2 aliphatic rings. The van der Waals surface area contributed by atoms with Crippen molar-refractivity contribution >= 4 is 17.3 Å². The molecule has 0 saturated heterocycles. The van der Waals surface area contributed by atoms with Crippen molar-refractivity contribution in [3.05, 3.63) is 94.0 Å². The highest BCUT2D eigenvalue weighted by molar-refractivity contribution is 6.30. The third kappa shape index (κ3) is 3.23. The van der Waals surface area contributed by atoms with E-state index in [2.05, 4.69) is 48.3 Å². The lowest BCUT2D eigenvalue weighted by Crippen LogP contribution is -2.33. The van der Waals surface area contributed by atoms with Gasteiger partial charge in [-0.25, -0.2) is 5.01 Å². The molecular weight excluding hydrogens is 384 g/mol. The van der Waals surface area contributed by atoms with Gasteiger partial charge in [0.2, 0.25) is 6.23 Å². The highest BCUT2D eigenvalue weighted by atomic mass is 35.5. The molecule has 0 spiro atoms. The van der Waals surface area contributed by atoms with E-state index >= 15 is 0 Å². The monoisotopic (exact) mass is 404 g/mol. The van der Waals surface area contributed by atoms with Gasteiger partial charge in [-0.3, -0.25) is 0 Å². The molecule has 2 aliphatic heterocycles. The maximum Gasteiger partial charge on any atom is 0.213 e. The lowest BCUT2D eigenvalue weighted by Gasteiger charge is -2.38. The van der Waals surface area contributed by atoms with Crippen LogP contribution in [0.1, 0.15) is 40.9 Å². The Labute approximate surface area is 175 Å². The molecule has 0 N–H and O–H groups in total. The Bertz CT molecular complexity index is 1080. The Balaban J connectivity index is 1.57. The fraction of sp³-hybridized carbons (Fsp3) is 0.208. The van der Waals surface area contributed by atoms with Gasteiger partial charge >= 0.3 is 0 Å². The first-order valence-electron chi connectivity index (χ1n) is 9.65. The van der Waals surface area contributed by atoms with Gasteiger partial charge in [-0.15, -0.1) is 0 Å². The molecule has 4 nitrogen and oxygen atoms in total. The van der Waals surface area contributed by atoms with Crippen molar-refractivity contribution in [3.8, 4) is 11.5 Å². The van der Waals surface area contributed by atoms with Crippen LogP contribution in [-0.2, 0) is 0 Å². The molecule has 0 radical (unpaired) electrons. The number of hydrogen-bond donors (Lipinski definition) is 0. The lowest BCUT2D eigenvalue weighted by atomic mass is 9.96. The Morgan fingerprint density at radius 3 is 2.52 bits per heavy atom. The predicted octanol–water partition coefficient (Wildman–Crippen LogP) is 5.90. The van der Waals surface area contributed by atoms with E-state index in [9.17, 15) is 0 Å². The summed E-state index contributed by atoms with van der Waals surface area (Å²) < 4.78 is 11.7. The van der Waals surface area contributed by atoms with Crippen molar-refractivity contribution in [2.24, 2.45) is 5.10 Å². The van der Waals surface area contributed by atoms with Crippen LogP contribution in [0, 0.1) is 6.92 Å². The molecule has 2 heterocycles. The fourth-order valence-corrected chi connectivity index (χ4v) is 4.15. The number of benzene rings is 3. The summed E-state index contributed by atoms with van der Waals surface area (Å²) in [5, 5.41) is 7.77. The van der Waals surface area contributed by atoms with Gasteiger partial charge < -0.3 is 9.47 Å². The molecule has 0 unspecified atom stereocenters. The van der Waals surface area contributed by atoms with E-state index in [0.29, 0.717) is 5.02 Å². The van der Waals surface area contributed by atoms with E-state index < -0.39 is 0 Å². The fourth-order valence-electron chi connectivity index (χ4n) is 3.97. The molecule has 0 amide bonds. The third-order valence-electron chi connectivity index (χ3n) is 5.54. The minimum absolute atomic E-state index is 0.0841. The Morgan fingerprint density at radius 1 is 1.03 bits per heavy atom. The summed E-state index contributed by atoms with van der Waals surface area (Å²) in [6.45, 7) is 2.08. The second-order valence-electron chi connectivity index (χ2n) is 7.44. The van der Waals surface area contributed by atoms with Crippen molar-refractivity contribution in [1.29, 1.82) is 0 Å². The van der Waals surface area contributed by atoms with E-state index in [1.54, 1.807) is 7.11 Å². The quantitative estimate of drug-likeness (QED) is 0.545. The van der Waals surface area contributed by atoms with Gasteiger partial charge in [-0.05, 0) is 55.0 Å². The summed E-state index contributed by atoms with van der Waals surface area (Å²) in [7, 11) is 1.67. The summed E-state index contributed by atoms with van der Waals surface area (Å²) in [5.41, 5.74) is 5.50. The molecule has 5 rings (SSSR count). The van der Waals surface area contributed by atoms with Crippen LogP contribution in [0.2, 0.25) is 5.02 Å². The number of ether oxygens (including phenoxy) is 2. The van der Waals surface area contributed by atoms with E-state index in [1.807, 2.05) is 30.3 Å². The maximum atomic E-state index is 6.39. The normalized spacial score (nSPS) is 19.8. The minimum Gasteiger partial charge on any atom is -0.497 e. The Morgan fingerprint density at radius 2 is 1.79 bits per heavy atom. The number of hydrogen-bond acceptors (Lipinski definition) is 4. The molecule has 2 atom stereocenters. The molecule has 146 valence electrons. The van der Waals surface area contributed by atoms with Crippen LogP contribution >= 0.6 is 11.6 Å². The number of halogens is 1. The van der Waals surface area contributed by atoms with E-state index in [0.717, 1.165) is 40.3 Å². The lowest BCUT2D eigenvalue weighted by molar-refractivity contribution is -0.0190. The van der Waals surface area contributed by atoms with Crippen LogP contribution in [0.15, 0.2) is 71.8 Å². The molecule has 29 heavy (non-hydrogen) atoms. The number of fused-ring (bicyclic) bond motifs is 3. The molecule has 0 aromatic heterocycles. The van der Waals surface area contributed by atoms with Crippen molar-refractivity contribution in [2.75, 3.05) is 7.11 Å². The zero-order chi connectivity index (χ0) is 20.0.